The maximum absolute atomic E-state index is 13.2. The van der Waals surface area contributed by atoms with E-state index >= 15 is 0 Å². The molecule has 1 N–H and O–H groups in total. The Morgan fingerprint density at radius 3 is 2.23 bits per heavy atom. The number of aryl methyl sites for hydroxylation is 1. The zero-order valence-corrected chi connectivity index (χ0v) is 23.8. The van der Waals surface area contributed by atoms with Crippen molar-refractivity contribution in [3.8, 4) is 34.9 Å². The number of hydrogen-bond donors (Lipinski definition) is 1. The first kappa shape index (κ1) is 27.9. The van der Waals surface area contributed by atoms with Crippen LogP contribution in [0.5, 0.6) is 11.9 Å². The molecular formula is C27H25BrN6O4S. The molecule has 200 valence electrons. The molecule has 0 fully saturated rings. The minimum atomic E-state index is -4.04. The molecule has 0 radical (unpaired) electrons. The second kappa shape index (κ2) is 12.6. The molecule has 0 aliphatic heterocycles. The molecule has 0 bridgehead atoms. The third-order valence-electron chi connectivity index (χ3n) is 5.36. The molecule has 0 amide bonds. The summed E-state index contributed by atoms with van der Waals surface area (Å²) in [6, 6.07) is 10.9. The van der Waals surface area contributed by atoms with Crippen molar-refractivity contribution in [2.24, 2.45) is 0 Å². The van der Waals surface area contributed by atoms with Gasteiger partial charge in [0.2, 0.25) is 5.88 Å². The first-order valence-corrected chi connectivity index (χ1v) is 14.1. The van der Waals surface area contributed by atoms with E-state index in [1.54, 1.807) is 24.7 Å². The highest BCUT2D eigenvalue weighted by molar-refractivity contribution is 9.10. The molecule has 0 saturated heterocycles. The molecule has 10 nitrogen and oxygen atoms in total. The summed E-state index contributed by atoms with van der Waals surface area (Å²) in [5.74, 6) is 6.11. The minimum Gasteiger partial charge on any atom is -0.464 e. The summed E-state index contributed by atoms with van der Waals surface area (Å²) in [5.41, 5.74) is 3.01. The number of pyridine rings is 1. The molecule has 0 aliphatic rings. The van der Waals surface area contributed by atoms with Gasteiger partial charge in [-0.1, -0.05) is 61.6 Å². The van der Waals surface area contributed by atoms with Gasteiger partial charge in [-0.3, -0.25) is 4.72 Å². The van der Waals surface area contributed by atoms with Gasteiger partial charge in [-0.2, -0.15) is 8.42 Å². The van der Waals surface area contributed by atoms with Crippen molar-refractivity contribution >= 4 is 31.8 Å². The largest absolute Gasteiger partial charge is 0.464 e. The summed E-state index contributed by atoms with van der Waals surface area (Å²) in [5, 5.41) is -0.122. The SMILES string of the molecule is Cc1ccc(-c2c(NS(=O)(=O)c3ccc(C(C)C)cn3)ncnc2OCC#CCOc2ncc(Br)cn2)cc1. The Morgan fingerprint density at radius 1 is 0.897 bits per heavy atom. The molecule has 3 aromatic heterocycles. The number of halogens is 1. The summed E-state index contributed by atoms with van der Waals surface area (Å²) < 4.78 is 40.8. The monoisotopic (exact) mass is 608 g/mol. The Labute approximate surface area is 235 Å². The predicted octanol–water partition coefficient (Wildman–Crippen LogP) is 4.78. The lowest BCUT2D eigenvalue weighted by Crippen LogP contribution is -2.17. The molecule has 4 aromatic rings. The lowest BCUT2D eigenvalue weighted by atomic mass is 10.1. The van der Waals surface area contributed by atoms with E-state index in [2.05, 4.69) is 57.4 Å². The fourth-order valence-corrected chi connectivity index (χ4v) is 4.45. The Bertz CT molecular complexity index is 1590. The number of aromatic nitrogens is 5. The molecule has 12 heteroatoms. The fourth-order valence-electron chi connectivity index (χ4n) is 3.29. The van der Waals surface area contributed by atoms with Gasteiger partial charge in [0.1, 0.15) is 6.33 Å². The van der Waals surface area contributed by atoms with Crippen molar-refractivity contribution in [1.29, 1.82) is 0 Å². The second-order valence-corrected chi connectivity index (χ2v) is 11.1. The minimum absolute atomic E-state index is 0.0230. The Kier molecular flexibility index (Phi) is 9.06. The predicted molar refractivity (Wildman–Crippen MR) is 150 cm³/mol. The molecule has 1 aromatic carbocycles. The van der Waals surface area contributed by atoms with Gasteiger partial charge in [-0.05, 0) is 46.0 Å². The number of anilines is 1. The van der Waals surface area contributed by atoms with Crippen LogP contribution in [0, 0.1) is 18.8 Å². The maximum atomic E-state index is 13.2. The number of ether oxygens (including phenoxy) is 2. The molecule has 0 aliphatic carbocycles. The van der Waals surface area contributed by atoms with Crippen LogP contribution < -0.4 is 14.2 Å². The van der Waals surface area contributed by atoms with Crippen LogP contribution in [0.2, 0.25) is 0 Å². The van der Waals surface area contributed by atoms with E-state index in [0.717, 1.165) is 15.6 Å². The summed E-state index contributed by atoms with van der Waals surface area (Å²) in [6.45, 7) is 6.01. The summed E-state index contributed by atoms with van der Waals surface area (Å²) in [4.78, 5) is 20.6. The van der Waals surface area contributed by atoms with E-state index in [4.69, 9.17) is 9.47 Å². The molecule has 0 spiro atoms. The molecule has 0 atom stereocenters. The number of sulfonamides is 1. The van der Waals surface area contributed by atoms with Crippen molar-refractivity contribution in [2.45, 2.75) is 31.7 Å². The van der Waals surface area contributed by atoms with Crippen LogP contribution >= 0.6 is 15.9 Å². The highest BCUT2D eigenvalue weighted by Gasteiger charge is 2.22. The van der Waals surface area contributed by atoms with Crippen LogP contribution in [-0.2, 0) is 10.0 Å². The third-order valence-corrected chi connectivity index (χ3v) is 7.02. The Balaban J connectivity index is 1.55. The molecule has 3 heterocycles. The van der Waals surface area contributed by atoms with Gasteiger partial charge < -0.3 is 9.47 Å². The molecular weight excluding hydrogens is 584 g/mol. The van der Waals surface area contributed by atoms with Crippen LogP contribution in [0.15, 0.2) is 70.8 Å². The van der Waals surface area contributed by atoms with Crippen molar-refractivity contribution in [3.05, 3.63) is 76.9 Å². The highest BCUT2D eigenvalue weighted by Crippen LogP contribution is 2.35. The number of rotatable bonds is 9. The van der Waals surface area contributed by atoms with E-state index in [-0.39, 0.29) is 41.9 Å². The molecule has 39 heavy (non-hydrogen) atoms. The van der Waals surface area contributed by atoms with Gasteiger partial charge in [0.15, 0.2) is 24.1 Å². The van der Waals surface area contributed by atoms with Gasteiger partial charge in [0, 0.05) is 18.6 Å². The average Bonchev–Trinajstić information content (AvgIpc) is 2.92. The van der Waals surface area contributed by atoms with Crippen molar-refractivity contribution in [1.82, 2.24) is 24.9 Å². The normalized spacial score (nSPS) is 11.0. The molecule has 0 saturated carbocycles. The molecule has 4 rings (SSSR count). The summed E-state index contributed by atoms with van der Waals surface area (Å²) in [6.07, 6.45) is 5.92. The van der Waals surface area contributed by atoms with Crippen LogP contribution in [0.1, 0.15) is 30.9 Å². The standard InChI is InChI=1S/C27H25BrN6O4S/c1-18(2)21-10-11-23(29-14-21)39(35,36)34-25-24(20-8-6-19(3)7-9-20)26(33-17-32-25)37-12-4-5-13-38-27-30-15-22(28)16-31-27/h6-11,14-18H,12-13H2,1-3H3,(H,32,33,34). The fraction of sp³-hybridized carbons (Fsp3) is 0.222. The molecule has 0 unspecified atom stereocenters. The summed E-state index contributed by atoms with van der Waals surface area (Å²) >= 11 is 3.26. The summed E-state index contributed by atoms with van der Waals surface area (Å²) in [7, 11) is -4.04. The third kappa shape index (κ3) is 7.49. The van der Waals surface area contributed by atoms with Gasteiger partial charge >= 0.3 is 6.01 Å². The van der Waals surface area contributed by atoms with Crippen LogP contribution in [0.3, 0.4) is 0 Å². The van der Waals surface area contributed by atoms with Gasteiger partial charge in [-0.25, -0.2) is 24.9 Å². The van der Waals surface area contributed by atoms with Crippen molar-refractivity contribution in [2.75, 3.05) is 17.9 Å². The topological polar surface area (TPSA) is 129 Å². The van der Waals surface area contributed by atoms with E-state index in [0.29, 0.717) is 11.1 Å². The van der Waals surface area contributed by atoms with Gasteiger partial charge in [0.05, 0.1) is 10.0 Å². The Morgan fingerprint density at radius 2 is 1.59 bits per heavy atom. The van der Waals surface area contributed by atoms with E-state index < -0.39 is 10.0 Å². The number of nitrogens with one attached hydrogen (secondary N) is 1. The van der Waals surface area contributed by atoms with Crippen molar-refractivity contribution < 1.29 is 17.9 Å². The van der Waals surface area contributed by atoms with Crippen LogP contribution in [0.25, 0.3) is 11.1 Å². The lowest BCUT2D eigenvalue weighted by Gasteiger charge is -2.15. The Hall–Kier alpha value is -4.08. The van der Waals surface area contributed by atoms with Crippen molar-refractivity contribution in [3.63, 3.8) is 0 Å². The smallest absolute Gasteiger partial charge is 0.317 e. The van der Waals surface area contributed by atoms with Gasteiger partial charge in [-0.15, -0.1) is 0 Å². The number of hydrogen-bond acceptors (Lipinski definition) is 9. The highest BCUT2D eigenvalue weighted by atomic mass is 79.9. The van der Waals surface area contributed by atoms with E-state index in [1.165, 1.54) is 12.4 Å². The first-order valence-electron chi connectivity index (χ1n) is 11.8. The second-order valence-electron chi connectivity index (χ2n) is 8.57. The zero-order chi connectivity index (χ0) is 27.8. The van der Waals surface area contributed by atoms with Crippen LogP contribution in [-0.4, -0.2) is 46.6 Å². The number of nitrogens with zero attached hydrogens (tertiary/aromatic N) is 5. The first-order chi connectivity index (χ1) is 18.7. The quantitative estimate of drug-likeness (QED) is 0.267. The number of benzene rings is 1. The lowest BCUT2D eigenvalue weighted by molar-refractivity contribution is 0.336. The average molecular weight is 610 g/mol. The maximum Gasteiger partial charge on any atom is 0.317 e. The van der Waals surface area contributed by atoms with E-state index in [9.17, 15) is 8.42 Å². The zero-order valence-electron chi connectivity index (χ0n) is 21.4. The van der Waals surface area contributed by atoms with Crippen LogP contribution in [0.4, 0.5) is 5.82 Å². The van der Waals surface area contributed by atoms with Gasteiger partial charge in [0.25, 0.3) is 10.0 Å². The van der Waals surface area contributed by atoms with E-state index in [1.807, 2.05) is 45.0 Å².